The van der Waals surface area contributed by atoms with Gasteiger partial charge in [0.2, 0.25) is 0 Å². The maximum atomic E-state index is 12.0. The fourth-order valence-corrected chi connectivity index (χ4v) is 2.91. The number of carboxylic acid groups (broad SMARTS) is 1. The van der Waals surface area contributed by atoms with Gasteiger partial charge >= 0.3 is 5.97 Å². The molecule has 2 rings (SSSR count). The van der Waals surface area contributed by atoms with Crippen LogP contribution in [0.2, 0.25) is 0 Å². The SMILES string of the molecule is CCS(=O)(=O)c1ccc(CNC(=O)c2ccc(C(=O)O)cc2)cc1. The predicted octanol–water partition coefficient (Wildman–Crippen LogP) is 2.11. The Hall–Kier alpha value is -2.67. The summed E-state index contributed by atoms with van der Waals surface area (Å²) < 4.78 is 23.5. The maximum absolute atomic E-state index is 12.0. The van der Waals surface area contributed by atoms with Crippen molar-refractivity contribution < 1.29 is 23.1 Å². The molecule has 6 nitrogen and oxygen atoms in total. The van der Waals surface area contributed by atoms with Gasteiger partial charge in [0.1, 0.15) is 0 Å². The van der Waals surface area contributed by atoms with Crippen molar-refractivity contribution >= 4 is 21.7 Å². The first-order valence-electron chi connectivity index (χ1n) is 7.26. The molecule has 0 atom stereocenters. The van der Waals surface area contributed by atoms with Crippen LogP contribution in [0.25, 0.3) is 0 Å². The zero-order chi connectivity index (χ0) is 17.7. The molecule has 0 radical (unpaired) electrons. The van der Waals surface area contributed by atoms with Gasteiger partial charge in [0.15, 0.2) is 9.84 Å². The van der Waals surface area contributed by atoms with Crippen LogP contribution >= 0.6 is 0 Å². The summed E-state index contributed by atoms with van der Waals surface area (Å²) in [6.07, 6.45) is 0. The van der Waals surface area contributed by atoms with Crippen LogP contribution in [0.4, 0.5) is 0 Å². The molecular formula is C17H17NO5S. The molecule has 7 heteroatoms. The molecule has 0 aliphatic rings. The first-order valence-corrected chi connectivity index (χ1v) is 8.92. The summed E-state index contributed by atoms with van der Waals surface area (Å²) in [6, 6.07) is 11.9. The van der Waals surface area contributed by atoms with Crippen LogP contribution in [0.3, 0.4) is 0 Å². The zero-order valence-corrected chi connectivity index (χ0v) is 13.8. The second kappa shape index (κ2) is 7.27. The van der Waals surface area contributed by atoms with Gasteiger partial charge in [-0.2, -0.15) is 0 Å². The molecule has 2 aromatic carbocycles. The number of sulfone groups is 1. The molecule has 1 amide bonds. The van der Waals surface area contributed by atoms with E-state index in [0.717, 1.165) is 5.56 Å². The molecule has 0 heterocycles. The Kier molecular flexibility index (Phi) is 5.35. The zero-order valence-electron chi connectivity index (χ0n) is 13.0. The highest BCUT2D eigenvalue weighted by Crippen LogP contribution is 2.12. The number of hydrogen-bond acceptors (Lipinski definition) is 4. The van der Waals surface area contributed by atoms with E-state index in [1.165, 1.54) is 36.4 Å². The number of benzene rings is 2. The summed E-state index contributed by atoms with van der Waals surface area (Å²) in [4.78, 5) is 23.0. The summed E-state index contributed by atoms with van der Waals surface area (Å²) in [5.41, 5.74) is 1.23. The number of hydrogen-bond donors (Lipinski definition) is 2. The molecule has 0 bridgehead atoms. The number of amides is 1. The first kappa shape index (κ1) is 17.7. The minimum atomic E-state index is -3.24. The quantitative estimate of drug-likeness (QED) is 0.833. The maximum Gasteiger partial charge on any atom is 0.335 e. The second-order valence-corrected chi connectivity index (χ2v) is 7.39. The molecule has 126 valence electrons. The summed E-state index contributed by atoms with van der Waals surface area (Å²) >= 11 is 0. The normalized spacial score (nSPS) is 11.0. The Balaban J connectivity index is 2.00. The molecule has 2 N–H and O–H groups in total. The summed E-state index contributed by atoms with van der Waals surface area (Å²) in [7, 11) is -3.24. The first-order chi connectivity index (χ1) is 11.3. The highest BCUT2D eigenvalue weighted by atomic mass is 32.2. The monoisotopic (exact) mass is 347 g/mol. The van der Waals surface area contributed by atoms with Gasteiger partial charge in [-0.15, -0.1) is 0 Å². The molecular weight excluding hydrogens is 330 g/mol. The van der Waals surface area contributed by atoms with E-state index < -0.39 is 15.8 Å². The van der Waals surface area contributed by atoms with Gasteiger partial charge in [-0.3, -0.25) is 4.79 Å². The Bertz CT molecular complexity index is 840. The van der Waals surface area contributed by atoms with Gasteiger partial charge in [-0.25, -0.2) is 13.2 Å². The average Bonchev–Trinajstić information content (AvgIpc) is 2.60. The fourth-order valence-electron chi connectivity index (χ4n) is 2.03. The van der Waals surface area contributed by atoms with E-state index in [1.807, 2.05) is 0 Å². The van der Waals surface area contributed by atoms with Crippen molar-refractivity contribution in [2.45, 2.75) is 18.4 Å². The second-order valence-electron chi connectivity index (χ2n) is 5.11. The van der Waals surface area contributed by atoms with Gasteiger partial charge in [-0.1, -0.05) is 19.1 Å². The van der Waals surface area contributed by atoms with E-state index in [4.69, 9.17) is 5.11 Å². The molecule has 0 spiro atoms. The van der Waals surface area contributed by atoms with Crippen molar-refractivity contribution in [3.05, 3.63) is 65.2 Å². The van der Waals surface area contributed by atoms with Crippen LogP contribution in [0.15, 0.2) is 53.4 Å². The van der Waals surface area contributed by atoms with E-state index in [0.29, 0.717) is 5.56 Å². The van der Waals surface area contributed by atoms with Crippen LogP contribution in [-0.2, 0) is 16.4 Å². The number of carboxylic acids is 1. The van der Waals surface area contributed by atoms with E-state index in [2.05, 4.69) is 5.32 Å². The lowest BCUT2D eigenvalue weighted by Gasteiger charge is -2.07. The van der Waals surface area contributed by atoms with Crippen LogP contribution in [0.5, 0.6) is 0 Å². The van der Waals surface area contributed by atoms with Crippen molar-refractivity contribution in [1.82, 2.24) is 5.32 Å². The molecule has 24 heavy (non-hydrogen) atoms. The third-order valence-electron chi connectivity index (χ3n) is 3.51. The number of rotatable bonds is 6. The molecule has 0 unspecified atom stereocenters. The van der Waals surface area contributed by atoms with E-state index in [9.17, 15) is 18.0 Å². The Morgan fingerprint density at radius 2 is 1.50 bits per heavy atom. The van der Waals surface area contributed by atoms with Crippen molar-refractivity contribution in [2.24, 2.45) is 0 Å². The molecule has 0 saturated heterocycles. The Labute approximate surface area is 140 Å². The van der Waals surface area contributed by atoms with Crippen molar-refractivity contribution in [1.29, 1.82) is 0 Å². The van der Waals surface area contributed by atoms with Gasteiger partial charge < -0.3 is 10.4 Å². The predicted molar refractivity (Wildman–Crippen MR) is 88.7 cm³/mol. The number of carbonyl (C=O) groups is 2. The Morgan fingerprint density at radius 1 is 0.958 bits per heavy atom. The molecule has 0 aliphatic heterocycles. The Morgan fingerprint density at radius 3 is 2.00 bits per heavy atom. The van der Waals surface area contributed by atoms with E-state index in [1.54, 1.807) is 19.1 Å². The number of aromatic carboxylic acids is 1. The van der Waals surface area contributed by atoms with Crippen molar-refractivity contribution in [3.8, 4) is 0 Å². The summed E-state index contributed by atoms with van der Waals surface area (Å²) in [6.45, 7) is 1.82. The highest BCUT2D eigenvalue weighted by molar-refractivity contribution is 7.91. The van der Waals surface area contributed by atoms with Gasteiger partial charge in [0.05, 0.1) is 16.2 Å². The van der Waals surface area contributed by atoms with Gasteiger partial charge in [0, 0.05) is 12.1 Å². The standard InChI is InChI=1S/C17H17NO5S/c1-2-24(22,23)15-9-3-12(4-10-15)11-18-16(19)13-5-7-14(8-6-13)17(20)21/h3-10H,2,11H2,1H3,(H,18,19)(H,20,21). The van der Waals surface area contributed by atoms with Crippen LogP contribution < -0.4 is 5.32 Å². The van der Waals surface area contributed by atoms with Crippen LogP contribution in [0, 0.1) is 0 Å². The highest BCUT2D eigenvalue weighted by Gasteiger charge is 2.11. The molecule has 0 saturated carbocycles. The lowest BCUT2D eigenvalue weighted by molar-refractivity contribution is 0.0696. The lowest BCUT2D eigenvalue weighted by Crippen LogP contribution is -2.22. The molecule has 2 aromatic rings. The largest absolute Gasteiger partial charge is 0.478 e. The smallest absolute Gasteiger partial charge is 0.335 e. The van der Waals surface area contributed by atoms with Gasteiger partial charge in [0.25, 0.3) is 5.91 Å². The van der Waals surface area contributed by atoms with Crippen molar-refractivity contribution in [3.63, 3.8) is 0 Å². The molecule has 0 aliphatic carbocycles. The molecule has 0 fully saturated rings. The third kappa shape index (κ3) is 4.20. The van der Waals surface area contributed by atoms with Gasteiger partial charge in [-0.05, 0) is 42.0 Å². The molecule has 0 aromatic heterocycles. The number of nitrogens with one attached hydrogen (secondary N) is 1. The van der Waals surface area contributed by atoms with E-state index in [-0.39, 0.29) is 28.7 Å². The van der Waals surface area contributed by atoms with Crippen LogP contribution in [-0.4, -0.2) is 31.2 Å². The summed E-state index contributed by atoms with van der Waals surface area (Å²) in [5.74, 6) is -1.35. The topological polar surface area (TPSA) is 101 Å². The number of carbonyl (C=O) groups excluding carboxylic acids is 1. The minimum Gasteiger partial charge on any atom is -0.478 e. The average molecular weight is 347 g/mol. The fraction of sp³-hybridized carbons (Fsp3) is 0.176. The minimum absolute atomic E-state index is 0.0371. The van der Waals surface area contributed by atoms with Crippen LogP contribution in [0.1, 0.15) is 33.2 Å². The third-order valence-corrected chi connectivity index (χ3v) is 5.26. The summed E-state index contributed by atoms with van der Waals surface area (Å²) in [5, 5.41) is 11.5. The van der Waals surface area contributed by atoms with Crippen molar-refractivity contribution in [2.75, 3.05) is 5.75 Å². The lowest BCUT2D eigenvalue weighted by atomic mass is 10.1. The van der Waals surface area contributed by atoms with E-state index >= 15 is 0 Å².